The molecule has 3 aliphatic rings. The SMILES string of the molecule is CC12CCC3c4cc(CN(CCCl)CCCl)c(O)cc4CCC3C1CCC2=O. The Morgan fingerprint density at radius 1 is 1.14 bits per heavy atom. The Morgan fingerprint density at radius 3 is 2.61 bits per heavy atom. The van der Waals surface area contributed by atoms with Crippen molar-refractivity contribution in [3.8, 4) is 5.75 Å². The number of Topliss-reactive ketones (excluding diaryl/α,β-unsaturated/α-hetero) is 1. The normalized spacial score (nSPS) is 31.6. The number of aryl methyl sites for hydroxylation is 1. The lowest BCUT2D eigenvalue weighted by atomic mass is 9.55. The highest BCUT2D eigenvalue weighted by atomic mass is 35.5. The van der Waals surface area contributed by atoms with Gasteiger partial charge in [-0.05, 0) is 67.1 Å². The van der Waals surface area contributed by atoms with Crippen molar-refractivity contribution in [2.45, 2.75) is 57.9 Å². The van der Waals surface area contributed by atoms with Crippen LogP contribution >= 0.6 is 23.2 Å². The van der Waals surface area contributed by atoms with Gasteiger partial charge in [0.15, 0.2) is 0 Å². The highest BCUT2D eigenvalue weighted by molar-refractivity contribution is 6.18. The van der Waals surface area contributed by atoms with Gasteiger partial charge in [-0.25, -0.2) is 0 Å². The summed E-state index contributed by atoms with van der Waals surface area (Å²) in [5.74, 6) is 3.67. The summed E-state index contributed by atoms with van der Waals surface area (Å²) in [5, 5.41) is 10.6. The van der Waals surface area contributed by atoms with E-state index in [0.717, 1.165) is 57.2 Å². The van der Waals surface area contributed by atoms with Crippen LogP contribution in [0.2, 0.25) is 0 Å². The average molecular weight is 424 g/mol. The van der Waals surface area contributed by atoms with Crippen LogP contribution < -0.4 is 0 Å². The predicted octanol–water partition coefficient (Wildman–Crippen LogP) is 5.10. The van der Waals surface area contributed by atoms with Crippen LogP contribution in [0.25, 0.3) is 0 Å². The van der Waals surface area contributed by atoms with Crippen molar-refractivity contribution in [3.05, 3.63) is 28.8 Å². The number of halogens is 2. The number of phenolic OH excluding ortho intramolecular Hbond substituents is 1. The molecule has 0 aromatic heterocycles. The molecule has 0 saturated heterocycles. The van der Waals surface area contributed by atoms with E-state index in [1.165, 1.54) is 11.1 Å². The maximum Gasteiger partial charge on any atom is 0.139 e. The van der Waals surface area contributed by atoms with E-state index in [1.807, 2.05) is 6.07 Å². The minimum Gasteiger partial charge on any atom is -0.508 e. The highest BCUT2D eigenvalue weighted by Crippen LogP contribution is 2.59. The molecule has 0 radical (unpaired) electrons. The van der Waals surface area contributed by atoms with Crippen LogP contribution in [0.3, 0.4) is 0 Å². The van der Waals surface area contributed by atoms with Crippen molar-refractivity contribution in [1.29, 1.82) is 0 Å². The Bertz CT molecular complexity index is 746. The van der Waals surface area contributed by atoms with Gasteiger partial charge in [-0.2, -0.15) is 0 Å². The summed E-state index contributed by atoms with van der Waals surface area (Å²) in [6.07, 6.45) is 6.10. The van der Waals surface area contributed by atoms with E-state index in [4.69, 9.17) is 23.2 Å². The number of rotatable bonds is 6. The van der Waals surface area contributed by atoms with Gasteiger partial charge in [0, 0.05) is 48.8 Å². The second-order valence-corrected chi connectivity index (χ2v) is 9.92. The molecule has 0 spiro atoms. The summed E-state index contributed by atoms with van der Waals surface area (Å²) in [6, 6.07) is 4.24. The number of phenols is 1. The quantitative estimate of drug-likeness (QED) is 0.647. The molecule has 0 aliphatic heterocycles. The molecule has 4 atom stereocenters. The fourth-order valence-corrected chi connectivity index (χ4v) is 6.78. The molecule has 5 heteroatoms. The number of aromatic hydroxyl groups is 1. The zero-order valence-electron chi connectivity index (χ0n) is 16.7. The van der Waals surface area contributed by atoms with Crippen LogP contribution in [0.5, 0.6) is 5.75 Å². The van der Waals surface area contributed by atoms with E-state index in [-0.39, 0.29) is 5.41 Å². The number of carbonyl (C=O) groups is 1. The molecule has 1 aromatic carbocycles. The van der Waals surface area contributed by atoms with E-state index >= 15 is 0 Å². The number of hydrogen-bond acceptors (Lipinski definition) is 3. The van der Waals surface area contributed by atoms with Crippen LogP contribution in [0.4, 0.5) is 0 Å². The Labute approximate surface area is 178 Å². The fourth-order valence-electron chi connectivity index (χ4n) is 6.30. The maximum absolute atomic E-state index is 12.5. The molecule has 1 N–H and O–H groups in total. The molecule has 28 heavy (non-hydrogen) atoms. The minimum atomic E-state index is -0.0874. The molecule has 0 amide bonds. The first-order valence-electron chi connectivity index (χ1n) is 10.7. The highest BCUT2D eigenvalue weighted by Gasteiger charge is 2.54. The molecular weight excluding hydrogens is 393 g/mol. The van der Waals surface area contributed by atoms with Crippen LogP contribution in [0.15, 0.2) is 12.1 Å². The van der Waals surface area contributed by atoms with Crippen LogP contribution in [-0.4, -0.2) is 40.6 Å². The largest absolute Gasteiger partial charge is 0.508 e. The number of fused-ring (bicyclic) bond motifs is 5. The van der Waals surface area contributed by atoms with Crippen molar-refractivity contribution in [1.82, 2.24) is 4.90 Å². The summed E-state index contributed by atoms with van der Waals surface area (Å²) >= 11 is 11.9. The van der Waals surface area contributed by atoms with Crippen molar-refractivity contribution in [2.24, 2.45) is 17.3 Å². The van der Waals surface area contributed by atoms with Gasteiger partial charge in [-0.15, -0.1) is 23.2 Å². The van der Waals surface area contributed by atoms with Gasteiger partial charge in [-0.1, -0.05) is 13.0 Å². The number of hydrogen-bond donors (Lipinski definition) is 1. The Kier molecular flexibility index (Phi) is 5.98. The molecule has 3 nitrogen and oxygen atoms in total. The van der Waals surface area contributed by atoms with Gasteiger partial charge in [-0.3, -0.25) is 9.69 Å². The van der Waals surface area contributed by atoms with Gasteiger partial charge in [0.2, 0.25) is 0 Å². The Morgan fingerprint density at radius 2 is 1.89 bits per heavy atom. The summed E-state index contributed by atoms with van der Waals surface area (Å²) in [6.45, 7) is 4.42. The van der Waals surface area contributed by atoms with Crippen molar-refractivity contribution in [3.63, 3.8) is 0 Å². The summed E-state index contributed by atoms with van der Waals surface area (Å²) in [4.78, 5) is 14.7. The van der Waals surface area contributed by atoms with E-state index in [1.54, 1.807) is 0 Å². The zero-order chi connectivity index (χ0) is 19.9. The van der Waals surface area contributed by atoms with E-state index in [0.29, 0.717) is 47.6 Å². The van der Waals surface area contributed by atoms with Crippen molar-refractivity contribution >= 4 is 29.0 Å². The average Bonchev–Trinajstić information content (AvgIpc) is 2.98. The lowest BCUT2D eigenvalue weighted by Gasteiger charge is -2.48. The lowest BCUT2D eigenvalue weighted by Crippen LogP contribution is -2.42. The van der Waals surface area contributed by atoms with Gasteiger partial charge in [0.05, 0.1) is 0 Å². The first-order chi connectivity index (χ1) is 13.5. The number of alkyl halides is 2. The number of ketones is 1. The fraction of sp³-hybridized carbons (Fsp3) is 0.696. The molecule has 4 rings (SSSR count). The van der Waals surface area contributed by atoms with E-state index in [2.05, 4.69) is 17.9 Å². The molecule has 2 fully saturated rings. The van der Waals surface area contributed by atoms with Crippen molar-refractivity contribution < 1.29 is 9.90 Å². The first kappa shape index (κ1) is 20.5. The van der Waals surface area contributed by atoms with Gasteiger partial charge in [0.25, 0.3) is 0 Å². The van der Waals surface area contributed by atoms with Gasteiger partial charge < -0.3 is 5.11 Å². The number of carbonyl (C=O) groups excluding carboxylic acids is 1. The summed E-state index contributed by atoms with van der Waals surface area (Å²) in [5.41, 5.74) is 3.61. The summed E-state index contributed by atoms with van der Waals surface area (Å²) < 4.78 is 0. The Balaban J connectivity index is 1.62. The first-order valence-corrected chi connectivity index (χ1v) is 11.8. The second-order valence-electron chi connectivity index (χ2n) is 9.17. The smallest absolute Gasteiger partial charge is 0.139 e. The van der Waals surface area contributed by atoms with Gasteiger partial charge in [0.1, 0.15) is 11.5 Å². The molecular formula is C23H31Cl2NO2. The molecule has 3 aliphatic carbocycles. The molecule has 1 aromatic rings. The third kappa shape index (κ3) is 3.48. The molecule has 0 bridgehead atoms. The molecule has 0 heterocycles. The minimum absolute atomic E-state index is 0.0874. The van der Waals surface area contributed by atoms with E-state index < -0.39 is 0 Å². The third-order valence-corrected chi connectivity index (χ3v) is 8.17. The topological polar surface area (TPSA) is 40.5 Å². The number of benzene rings is 1. The number of nitrogens with zero attached hydrogens (tertiary/aromatic N) is 1. The lowest BCUT2D eigenvalue weighted by molar-refractivity contribution is -0.129. The van der Waals surface area contributed by atoms with Crippen LogP contribution in [0, 0.1) is 17.3 Å². The Hall–Kier alpha value is -0.770. The molecule has 2 saturated carbocycles. The maximum atomic E-state index is 12.5. The standard InChI is InChI=1S/C23H31Cl2NO2/c1-23-7-6-17-18(20(23)4-5-22(23)28)3-2-15-13-21(27)16(12-19(15)17)14-26(10-8-24)11-9-25/h12-13,17-18,20,27H,2-11,14H2,1H3. The van der Waals surface area contributed by atoms with Crippen LogP contribution in [-0.2, 0) is 17.8 Å². The summed E-state index contributed by atoms with van der Waals surface area (Å²) in [7, 11) is 0. The monoisotopic (exact) mass is 423 g/mol. The van der Waals surface area contributed by atoms with Gasteiger partial charge >= 0.3 is 0 Å². The molecule has 154 valence electrons. The van der Waals surface area contributed by atoms with Crippen molar-refractivity contribution in [2.75, 3.05) is 24.8 Å². The third-order valence-electron chi connectivity index (χ3n) is 7.83. The zero-order valence-corrected chi connectivity index (χ0v) is 18.2. The predicted molar refractivity (Wildman–Crippen MR) is 114 cm³/mol. The second kappa shape index (κ2) is 8.16. The molecule has 4 unspecified atom stereocenters. The van der Waals surface area contributed by atoms with Crippen LogP contribution in [0.1, 0.15) is 61.6 Å². The van der Waals surface area contributed by atoms with E-state index in [9.17, 15) is 9.90 Å².